The minimum atomic E-state index is -0.357. The zero-order chi connectivity index (χ0) is 22.2. The fourth-order valence-corrected chi connectivity index (χ4v) is 4.36. The van der Waals surface area contributed by atoms with Crippen molar-refractivity contribution in [3.05, 3.63) is 29.1 Å². The number of hydrazine groups is 1. The van der Waals surface area contributed by atoms with Gasteiger partial charge in [-0.2, -0.15) is 0 Å². The summed E-state index contributed by atoms with van der Waals surface area (Å²) in [6, 6.07) is 5.75. The van der Waals surface area contributed by atoms with E-state index in [2.05, 4.69) is 34.8 Å². The SMILES string of the molecule is CCCc1ccc(OC)c(-c2csc(NC(=O)NN3CCCN(C(=O)CCl)CC3)n2)c1. The number of urea groups is 1. The van der Waals surface area contributed by atoms with Crippen LogP contribution in [0, 0.1) is 0 Å². The van der Waals surface area contributed by atoms with Gasteiger partial charge in [0, 0.05) is 37.1 Å². The highest BCUT2D eigenvalue weighted by Gasteiger charge is 2.20. The summed E-state index contributed by atoms with van der Waals surface area (Å²) < 4.78 is 5.49. The van der Waals surface area contributed by atoms with Crippen molar-refractivity contribution in [1.29, 1.82) is 0 Å². The summed E-state index contributed by atoms with van der Waals surface area (Å²) in [5.74, 6) is 0.648. The number of hydrogen-bond acceptors (Lipinski definition) is 6. The van der Waals surface area contributed by atoms with Crippen LogP contribution in [0.15, 0.2) is 23.6 Å². The maximum atomic E-state index is 12.4. The van der Waals surface area contributed by atoms with Gasteiger partial charge in [-0.15, -0.1) is 22.9 Å². The lowest BCUT2D eigenvalue weighted by Crippen LogP contribution is -2.46. The minimum Gasteiger partial charge on any atom is -0.496 e. The molecular weight excluding hydrogens is 438 g/mol. The molecule has 0 radical (unpaired) electrons. The Morgan fingerprint density at radius 1 is 1.26 bits per heavy atom. The highest BCUT2D eigenvalue weighted by molar-refractivity contribution is 7.14. The summed E-state index contributed by atoms with van der Waals surface area (Å²) in [5.41, 5.74) is 5.74. The van der Waals surface area contributed by atoms with Gasteiger partial charge >= 0.3 is 6.03 Å². The van der Waals surface area contributed by atoms with Gasteiger partial charge in [-0.25, -0.2) is 14.8 Å². The quantitative estimate of drug-likeness (QED) is 0.610. The third-order valence-corrected chi connectivity index (χ3v) is 6.01. The average molecular weight is 466 g/mol. The van der Waals surface area contributed by atoms with E-state index in [1.807, 2.05) is 16.5 Å². The Balaban J connectivity index is 1.60. The molecule has 2 heterocycles. The van der Waals surface area contributed by atoms with Crippen molar-refractivity contribution in [3.8, 4) is 17.0 Å². The van der Waals surface area contributed by atoms with Crippen LogP contribution < -0.4 is 15.5 Å². The van der Waals surface area contributed by atoms with Crippen LogP contribution in [0.2, 0.25) is 0 Å². The number of anilines is 1. The molecule has 1 aliphatic heterocycles. The van der Waals surface area contributed by atoms with E-state index in [0.717, 1.165) is 36.3 Å². The fourth-order valence-electron chi connectivity index (χ4n) is 3.49. The number of amides is 3. The van der Waals surface area contributed by atoms with Gasteiger partial charge < -0.3 is 9.64 Å². The first-order valence-electron chi connectivity index (χ1n) is 10.3. The molecule has 0 atom stereocenters. The number of hydrogen-bond donors (Lipinski definition) is 2. The number of ether oxygens (including phenoxy) is 1. The van der Waals surface area contributed by atoms with E-state index in [-0.39, 0.29) is 17.8 Å². The number of carbonyl (C=O) groups is 2. The van der Waals surface area contributed by atoms with Crippen molar-refractivity contribution < 1.29 is 14.3 Å². The van der Waals surface area contributed by atoms with E-state index in [9.17, 15) is 9.59 Å². The number of halogens is 1. The van der Waals surface area contributed by atoms with E-state index in [4.69, 9.17) is 16.3 Å². The number of rotatable bonds is 7. The summed E-state index contributed by atoms with van der Waals surface area (Å²) in [6.07, 6.45) is 2.81. The Kier molecular flexibility index (Phi) is 8.51. The van der Waals surface area contributed by atoms with E-state index < -0.39 is 0 Å². The topological polar surface area (TPSA) is 86.8 Å². The lowest BCUT2D eigenvalue weighted by molar-refractivity contribution is -0.128. The smallest absolute Gasteiger partial charge is 0.335 e. The second-order valence-electron chi connectivity index (χ2n) is 7.24. The van der Waals surface area contributed by atoms with Gasteiger partial charge in [-0.3, -0.25) is 15.5 Å². The van der Waals surface area contributed by atoms with Crippen molar-refractivity contribution in [3.63, 3.8) is 0 Å². The number of benzene rings is 1. The molecule has 3 rings (SSSR count). The molecule has 1 aliphatic rings. The molecule has 1 aromatic carbocycles. The number of thiazole rings is 1. The van der Waals surface area contributed by atoms with Gasteiger partial charge in [0.05, 0.1) is 12.8 Å². The molecular formula is C21H28ClN5O3S. The van der Waals surface area contributed by atoms with E-state index in [0.29, 0.717) is 31.3 Å². The number of methoxy groups -OCH3 is 1. The number of nitrogens with one attached hydrogen (secondary N) is 2. The Hall–Kier alpha value is -2.36. The number of alkyl halides is 1. The number of aromatic nitrogens is 1. The molecule has 10 heteroatoms. The summed E-state index contributed by atoms with van der Waals surface area (Å²) in [5, 5.41) is 7.01. The van der Waals surface area contributed by atoms with Crippen molar-refractivity contribution in [2.24, 2.45) is 0 Å². The van der Waals surface area contributed by atoms with Gasteiger partial charge in [0.15, 0.2) is 5.13 Å². The largest absolute Gasteiger partial charge is 0.496 e. The molecule has 3 amide bonds. The normalized spacial score (nSPS) is 14.7. The fraction of sp³-hybridized carbons (Fsp3) is 0.476. The molecule has 0 saturated carbocycles. The monoisotopic (exact) mass is 465 g/mol. The van der Waals surface area contributed by atoms with Crippen LogP contribution in [-0.4, -0.2) is 66.0 Å². The molecule has 168 valence electrons. The molecule has 31 heavy (non-hydrogen) atoms. The lowest BCUT2D eigenvalue weighted by atomic mass is 10.0. The number of aryl methyl sites for hydroxylation is 1. The predicted molar refractivity (Wildman–Crippen MR) is 124 cm³/mol. The molecule has 1 saturated heterocycles. The summed E-state index contributed by atoms with van der Waals surface area (Å²) in [7, 11) is 1.64. The maximum absolute atomic E-state index is 12.4. The zero-order valence-electron chi connectivity index (χ0n) is 17.8. The molecule has 8 nitrogen and oxygen atoms in total. The van der Waals surface area contributed by atoms with Crippen LogP contribution in [0.25, 0.3) is 11.3 Å². The number of nitrogens with zero attached hydrogens (tertiary/aromatic N) is 3. The first kappa shape index (κ1) is 23.3. The average Bonchev–Trinajstić information content (AvgIpc) is 3.10. The molecule has 0 spiro atoms. The second-order valence-corrected chi connectivity index (χ2v) is 8.37. The molecule has 1 fully saturated rings. The maximum Gasteiger partial charge on any atom is 0.335 e. The molecule has 1 aromatic heterocycles. The van der Waals surface area contributed by atoms with Gasteiger partial charge in [-0.1, -0.05) is 19.4 Å². The van der Waals surface area contributed by atoms with Gasteiger partial charge in [-0.05, 0) is 30.5 Å². The third-order valence-electron chi connectivity index (χ3n) is 5.03. The zero-order valence-corrected chi connectivity index (χ0v) is 19.4. The van der Waals surface area contributed by atoms with Crippen LogP contribution in [0.4, 0.5) is 9.93 Å². The van der Waals surface area contributed by atoms with Crippen molar-refractivity contribution >= 4 is 40.0 Å². The van der Waals surface area contributed by atoms with Crippen molar-refractivity contribution in [2.75, 3.05) is 44.5 Å². The van der Waals surface area contributed by atoms with Crippen molar-refractivity contribution in [1.82, 2.24) is 20.3 Å². The summed E-state index contributed by atoms with van der Waals surface area (Å²) >= 11 is 7.00. The van der Waals surface area contributed by atoms with Crippen LogP contribution in [0.5, 0.6) is 5.75 Å². The summed E-state index contributed by atoms with van der Waals surface area (Å²) in [4.78, 5) is 30.5. The van der Waals surface area contributed by atoms with Crippen molar-refractivity contribution in [2.45, 2.75) is 26.2 Å². The van der Waals surface area contributed by atoms with E-state index in [1.54, 1.807) is 12.0 Å². The van der Waals surface area contributed by atoms with Crippen LogP contribution in [-0.2, 0) is 11.2 Å². The van der Waals surface area contributed by atoms with Gasteiger partial charge in [0.2, 0.25) is 5.91 Å². The Bertz CT molecular complexity index is 907. The van der Waals surface area contributed by atoms with Crippen LogP contribution in [0.3, 0.4) is 0 Å². The predicted octanol–water partition coefficient (Wildman–Crippen LogP) is 3.58. The van der Waals surface area contributed by atoms with Crippen LogP contribution >= 0.6 is 22.9 Å². The van der Waals surface area contributed by atoms with Gasteiger partial charge in [0.25, 0.3) is 0 Å². The minimum absolute atomic E-state index is 0.0214. The Morgan fingerprint density at radius 2 is 2.10 bits per heavy atom. The first-order chi connectivity index (χ1) is 15.0. The third kappa shape index (κ3) is 6.32. The molecule has 0 aliphatic carbocycles. The van der Waals surface area contributed by atoms with Gasteiger partial charge in [0.1, 0.15) is 11.6 Å². The van der Waals surface area contributed by atoms with E-state index >= 15 is 0 Å². The van der Waals surface area contributed by atoms with Crippen LogP contribution in [0.1, 0.15) is 25.3 Å². The Labute approximate surface area is 191 Å². The molecule has 0 bridgehead atoms. The highest BCUT2D eigenvalue weighted by Crippen LogP contribution is 2.33. The summed E-state index contributed by atoms with van der Waals surface area (Å²) in [6.45, 7) is 4.51. The molecule has 0 unspecified atom stereocenters. The number of carbonyl (C=O) groups excluding carboxylic acids is 2. The standard InChI is InChI=1S/C21H28ClN5O3S/c1-3-5-15-6-7-18(30-2)16(12-15)17-14-31-21(23-17)24-20(29)25-27-9-4-8-26(10-11-27)19(28)13-22/h6-7,12,14H,3-5,8-11,13H2,1-2H3,(H2,23,24,25,29). The Morgan fingerprint density at radius 3 is 2.84 bits per heavy atom. The molecule has 2 N–H and O–H groups in total. The molecule has 2 aromatic rings. The second kappa shape index (κ2) is 11.3. The van der Waals surface area contributed by atoms with E-state index in [1.165, 1.54) is 16.9 Å². The first-order valence-corrected chi connectivity index (χ1v) is 11.7. The highest BCUT2D eigenvalue weighted by atomic mass is 35.5. The lowest BCUT2D eigenvalue weighted by Gasteiger charge is -2.21.